The lowest BCUT2D eigenvalue weighted by Crippen LogP contribution is -2.48. The minimum absolute atomic E-state index is 0.0125. The standard InChI is InChI=1S/C35H45N5O2/c1-34(2,3)29-14-16-30(17-15-29)40(24-27-10-12-28(13-11-27)32(41)38-31(23-36)39-37)33(42)35(4)20-18-26(19-21-35)22-25-8-6-5-7-9-25/h5-13,18-20,23,29-30,36H,14-17,21-22,24,37H2,1-4H3,(H,38,39,41). The zero-order valence-corrected chi connectivity index (χ0v) is 25.4. The molecule has 4 rings (SSSR count). The van der Waals surface area contributed by atoms with Crippen LogP contribution in [0.5, 0.6) is 0 Å². The summed E-state index contributed by atoms with van der Waals surface area (Å²) in [6.45, 7) is 9.50. The number of allylic oxidation sites excluding steroid dienone is 3. The Bertz CT molecular complexity index is 1350. The van der Waals surface area contributed by atoms with Gasteiger partial charge in [-0.05, 0) is 85.6 Å². The first kappa shape index (κ1) is 30.9. The van der Waals surface area contributed by atoms with E-state index in [1.165, 1.54) is 11.1 Å². The molecule has 1 atom stereocenters. The number of benzene rings is 2. The third-order valence-corrected chi connectivity index (χ3v) is 8.90. The third kappa shape index (κ3) is 7.64. The SMILES string of the molecule is CC1(C(=O)N(Cc2ccc(C(=O)NC(C=N)=NN)cc2)C2CCC(C(C)(C)C)CC2)C=CC(Cc2ccccc2)=CC1. The molecule has 1 fully saturated rings. The summed E-state index contributed by atoms with van der Waals surface area (Å²) in [7, 11) is 0. The summed E-state index contributed by atoms with van der Waals surface area (Å²) in [5, 5.41) is 13.2. The smallest absolute Gasteiger partial charge is 0.256 e. The lowest BCUT2D eigenvalue weighted by Gasteiger charge is -2.43. The Hall–Kier alpha value is -4.00. The van der Waals surface area contributed by atoms with Gasteiger partial charge in [-0.1, -0.05) is 81.5 Å². The van der Waals surface area contributed by atoms with Crippen molar-refractivity contribution in [2.75, 3.05) is 0 Å². The molecule has 2 aromatic rings. The quantitative estimate of drug-likeness (QED) is 0.148. The van der Waals surface area contributed by atoms with Gasteiger partial charge in [0.2, 0.25) is 5.91 Å². The number of rotatable bonds is 8. The highest BCUT2D eigenvalue weighted by atomic mass is 16.2. The molecule has 0 aliphatic heterocycles. The molecule has 1 unspecified atom stereocenters. The van der Waals surface area contributed by atoms with Crippen LogP contribution in [-0.2, 0) is 17.8 Å². The largest absolute Gasteiger partial charge is 0.335 e. The van der Waals surface area contributed by atoms with Gasteiger partial charge >= 0.3 is 0 Å². The Morgan fingerprint density at radius 2 is 1.71 bits per heavy atom. The minimum Gasteiger partial charge on any atom is -0.335 e. The molecule has 0 radical (unpaired) electrons. The Morgan fingerprint density at radius 1 is 1.05 bits per heavy atom. The summed E-state index contributed by atoms with van der Waals surface area (Å²) in [5.41, 5.74) is 3.57. The number of nitrogens with two attached hydrogens (primary N) is 1. The van der Waals surface area contributed by atoms with Crippen molar-refractivity contribution in [2.24, 2.45) is 27.7 Å². The van der Waals surface area contributed by atoms with E-state index in [1.54, 1.807) is 12.1 Å². The molecule has 7 heteroatoms. The molecule has 0 spiro atoms. The molecule has 2 aliphatic rings. The predicted molar refractivity (Wildman–Crippen MR) is 170 cm³/mol. The van der Waals surface area contributed by atoms with E-state index in [9.17, 15) is 9.59 Å². The Kier molecular flexibility index (Phi) is 9.81. The number of hydrazone groups is 1. The second-order valence-corrected chi connectivity index (χ2v) is 13.0. The molecule has 42 heavy (non-hydrogen) atoms. The maximum absolute atomic E-state index is 14.4. The van der Waals surface area contributed by atoms with Crippen LogP contribution in [0, 0.1) is 22.2 Å². The second-order valence-electron chi connectivity index (χ2n) is 13.0. The maximum Gasteiger partial charge on any atom is 0.256 e. The van der Waals surface area contributed by atoms with E-state index in [2.05, 4.69) is 85.5 Å². The molecule has 1 saturated carbocycles. The molecule has 0 aromatic heterocycles. The topological polar surface area (TPSA) is 112 Å². The van der Waals surface area contributed by atoms with Gasteiger partial charge in [0.05, 0.1) is 11.6 Å². The van der Waals surface area contributed by atoms with Crippen molar-refractivity contribution in [3.05, 3.63) is 95.1 Å². The molecule has 222 valence electrons. The average molecular weight is 568 g/mol. The van der Waals surface area contributed by atoms with Crippen molar-refractivity contribution in [2.45, 2.75) is 78.8 Å². The van der Waals surface area contributed by atoms with Crippen LogP contribution in [0.1, 0.15) is 81.3 Å². The summed E-state index contributed by atoms with van der Waals surface area (Å²) in [6.07, 6.45) is 13.1. The second kappa shape index (κ2) is 13.3. The fraction of sp³-hybridized carbons (Fsp3) is 0.429. The van der Waals surface area contributed by atoms with Gasteiger partial charge in [-0.2, -0.15) is 5.10 Å². The van der Waals surface area contributed by atoms with Crippen molar-refractivity contribution in [1.29, 1.82) is 5.41 Å². The van der Waals surface area contributed by atoms with Crippen LogP contribution < -0.4 is 11.2 Å². The summed E-state index contributed by atoms with van der Waals surface area (Å²) in [6, 6.07) is 17.9. The van der Waals surface area contributed by atoms with Crippen LogP contribution >= 0.6 is 0 Å². The van der Waals surface area contributed by atoms with Crippen LogP contribution in [0.4, 0.5) is 0 Å². The molecule has 0 heterocycles. The maximum atomic E-state index is 14.4. The summed E-state index contributed by atoms with van der Waals surface area (Å²) in [4.78, 5) is 29.0. The highest BCUT2D eigenvalue weighted by Gasteiger charge is 2.40. The number of amides is 2. The predicted octanol–water partition coefficient (Wildman–Crippen LogP) is 6.41. The zero-order valence-electron chi connectivity index (χ0n) is 25.4. The molecular weight excluding hydrogens is 522 g/mol. The van der Waals surface area contributed by atoms with E-state index in [1.807, 2.05) is 18.2 Å². The van der Waals surface area contributed by atoms with E-state index in [-0.39, 0.29) is 29.1 Å². The number of carbonyl (C=O) groups excluding carboxylic acids is 2. The minimum atomic E-state index is -0.606. The van der Waals surface area contributed by atoms with Gasteiger partial charge in [-0.15, -0.1) is 0 Å². The van der Waals surface area contributed by atoms with Crippen molar-refractivity contribution < 1.29 is 9.59 Å². The van der Waals surface area contributed by atoms with Gasteiger partial charge in [-0.25, -0.2) is 0 Å². The third-order valence-electron chi connectivity index (χ3n) is 8.90. The molecule has 2 aromatic carbocycles. The van der Waals surface area contributed by atoms with Crippen molar-refractivity contribution in [3.63, 3.8) is 0 Å². The molecule has 2 aliphatic carbocycles. The summed E-state index contributed by atoms with van der Waals surface area (Å²) >= 11 is 0. The zero-order chi connectivity index (χ0) is 30.3. The number of hydrogen-bond acceptors (Lipinski definition) is 5. The Balaban J connectivity index is 1.51. The number of nitrogens with one attached hydrogen (secondary N) is 2. The summed E-state index contributed by atoms with van der Waals surface area (Å²) < 4.78 is 0. The van der Waals surface area contributed by atoms with Crippen LogP contribution in [0.25, 0.3) is 0 Å². The van der Waals surface area contributed by atoms with E-state index in [4.69, 9.17) is 11.3 Å². The lowest BCUT2D eigenvalue weighted by atomic mass is 9.70. The summed E-state index contributed by atoms with van der Waals surface area (Å²) in [5.74, 6) is 5.62. The van der Waals surface area contributed by atoms with E-state index in [0.29, 0.717) is 24.4 Å². The van der Waals surface area contributed by atoms with Gasteiger partial charge in [0.1, 0.15) is 0 Å². The van der Waals surface area contributed by atoms with Crippen LogP contribution in [0.2, 0.25) is 0 Å². The Morgan fingerprint density at radius 3 is 2.26 bits per heavy atom. The first-order chi connectivity index (χ1) is 20.0. The van der Waals surface area contributed by atoms with Gasteiger partial charge < -0.3 is 21.5 Å². The van der Waals surface area contributed by atoms with E-state index >= 15 is 0 Å². The first-order valence-electron chi connectivity index (χ1n) is 14.9. The lowest BCUT2D eigenvalue weighted by molar-refractivity contribution is -0.143. The van der Waals surface area contributed by atoms with Gasteiger partial charge in [0.25, 0.3) is 5.91 Å². The fourth-order valence-electron chi connectivity index (χ4n) is 6.09. The van der Waals surface area contributed by atoms with Crippen LogP contribution in [0.15, 0.2) is 83.5 Å². The number of nitrogens with zero attached hydrogens (tertiary/aromatic N) is 2. The van der Waals surface area contributed by atoms with E-state index in [0.717, 1.165) is 43.9 Å². The number of amidine groups is 1. The molecular formula is C35H45N5O2. The molecule has 0 bridgehead atoms. The average Bonchev–Trinajstić information content (AvgIpc) is 3.00. The van der Waals surface area contributed by atoms with E-state index < -0.39 is 5.41 Å². The molecule has 2 amide bonds. The van der Waals surface area contributed by atoms with Crippen LogP contribution in [0.3, 0.4) is 0 Å². The van der Waals surface area contributed by atoms with Crippen molar-refractivity contribution in [1.82, 2.24) is 10.2 Å². The molecule has 0 saturated heterocycles. The van der Waals surface area contributed by atoms with Crippen molar-refractivity contribution in [3.8, 4) is 0 Å². The van der Waals surface area contributed by atoms with Crippen molar-refractivity contribution >= 4 is 23.9 Å². The highest BCUT2D eigenvalue weighted by Crippen LogP contribution is 2.41. The molecule has 7 nitrogen and oxygen atoms in total. The van der Waals surface area contributed by atoms with Crippen LogP contribution in [-0.4, -0.2) is 34.8 Å². The fourth-order valence-corrected chi connectivity index (χ4v) is 6.09. The normalized spacial score (nSPS) is 22.7. The number of carbonyl (C=O) groups is 2. The monoisotopic (exact) mass is 567 g/mol. The van der Waals surface area contributed by atoms with Gasteiger partial charge in [0, 0.05) is 18.2 Å². The van der Waals surface area contributed by atoms with Gasteiger partial charge in [-0.3, -0.25) is 9.59 Å². The first-order valence-corrected chi connectivity index (χ1v) is 14.9. The highest BCUT2D eigenvalue weighted by molar-refractivity contribution is 6.32. The number of hydrogen-bond donors (Lipinski definition) is 3. The Labute approximate surface area is 250 Å². The molecule has 4 N–H and O–H groups in total. The van der Waals surface area contributed by atoms with Gasteiger partial charge in [0.15, 0.2) is 5.84 Å².